The molecule has 1 spiro atoms. The lowest BCUT2D eigenvalue weighted by Crippen LogP contribution is -2.58. The number of ether oxygens (including phenoxy) is 1. The topological polar surface area (TPSA) is 89.4 Å². The molecule has 2 aliphatic rings. The summed E-state index contributed by atoms with van der Waals surface area (Å²) in [5, 5.41) is 7.29. The predicted molar refractivity (Wildman–Crippen MR) is 102 cm³/mol. The normalized spacial score (nSPS) is 21.5. The summed E-state index contributed by atoms with van der Waals surface area (Å²) in [4.78, 5) is 31.1. The molecule has 148 valence electrons. The number of likely N-dealkylation sites (tertiary alicyclic amines) is 1. The summed E-state index contributed by atoms with van der Waals surface area (Å²) in [5.41, 5.74) is 0.605. The van der Waals surface area contributed by atoms with Crippen LogP contribution in [0.1, 0.15) is 40.2 Å². The molecule has 2 amide bonds. The van der Waals surface area contributed by atoms with Crippen LogP contribution in [0.25, 0.3) is 0 Å². The standard InChI is InChI=1S/C20H25N5O3/c1-24-14-21-17(23-24)19(27)25-10-7-20(8-11-25)9-12-28-13-16(20)22-18(26)15-5-3-2-4-6-15/h2-6,14,16H,7-13H2,1H3,(H,22,26)/t16-/m1/s1. The minimum atomic E-state index is -0.132. The molecule has 1 N–H and O–H groups in total. The maximum Gasteiger partial charge on any atom is 0.293 e. The van der Waals surface area contributed by atoms with Gasteiger partial charge in [0.2, 0.25) is 5.82 Å². The first-order chi connectivity index (χ1) is 13.6. The number of rotatable bonds is 3. The molecule has 2 aliphatic heterocycles. The fourth-order valence-corrected chi connectivity index (χ4v) is 4.19. The van der Waals surface area contributed by atoms with Crippen LogP contribution >= 0.6 is 0 Å². The molecule has 3 heterocycles. The van der Waals surface area contributed by atoms with Crippen molar-refractivity contribution < 1.29 is 14.3 Å². The quantitative estimate of drug-likeness (QED) is 0.862. The van der Waals surface area contributed by atoms with Crippen LogP contribution in [0.15, 0.2) is 36.7 Å². The van der Waals surface area contributed by atoms with Gasteiger partial charge < -0.3 is 15.0 Å². The Morgan fingerprint density at radius 2 is 1.93 bits per heavy atom. The Hall–Kier alpha value is -2.74. The molecule has 2 fully saturated rings. The number of nitrogens with one attached hydrogen (secondary N) is 1. The maximum absolute atomic E-state index is 12.6. The maximum atomic E-state index is 12.6. The summed E-state index contributed by atoms with van der Waals surface area (Å²) in [5.74, 6) is 0.0263. The average molecular weight is 383 g/mol. The zero-order valence-corrected chi connectivity index (χ0v) is 16.0. The Bertz CT molecular complexity index is 843. The van der Waals surface area contributed by atoms with E-state index in [-0.39, 0.29) is 29.1 Å². The summed E-state index contributed by atoms with van der Waals surface area (Å²) < 4.78 is 7.21. The Balaban J connectivity index is 1.43. The second kappa shape index (κ2) is 7.71. The fraction of sp³-hybridized carbons (Fsp3) is 0.500. The monoisotopic (exact) mass is 383 g/mol. The third-order valence-electron chi connectivity index (χ3n) is 5.95. The fourth-order valence-electron chi connectivity index (χ4n) is 4.19. The van der Waals surface area contributed by atoms with E-state index in [0.29, 0.717) is 31.9 Å². The number of benzene rings is 1. The van der Waals surface area contributed by atoms with E-state index >= 15 is 0 Å². The number of piperidine rings is 1. The van der Waals surface area contributed by atoms with Gasteiger partial charge in [-0.1, -0.05) is 18.2 Å². The van der Waals surface area contributed by atoms with Gasteiger partial charge in [-0.15, -0.1) is 5.10 Å². The second-order valence-electron chi connectivity index (χ2n) is 7.61. The van der Waals surface area contributed by atoms with Gasteiger partial charge in [-0.3, -0.25) is 14.3 Å². The van der Waals surface area contributed by atoms with Crippen molar-refractivity contribution in [2.24, 2.45) is 12.5 Å². The number of amides is 2. The summed E-state index contributed by atoms with van der Waals surface area (Å²) in [7, 11) is 1.75. The van der Waals surface area contributed by atoms with Crippen LogP contribution in [0, 0.1) is 5.41 Å². The van der Waals surface area contributed by atoms with Crippen LogP contribution in [0.5, 0.6) is 0 Å². The van der Waals surface area contributed by atoms with Gasteiger partial charge in [0.1, 0.15) is 6.33 Å². The third kappa shape index (κ3) is 3.64. The minimum absolute atomic E-state index is 0.0446. The SMILES string of the molecule is Cn1cnc(C(=O)N2CCC3(CCOC[C@H]3NC(=O)c3ccccc3)CC2)n1. The smallest absolute Gasteiger partial charge is 0.293 e. The highest BCUT2D eigenvalue weighted by atomic mass is 16.5. The molecule has 1 aromatic carbocycles. The number of carbonyl (C=O) groups excluding carboxylic acids is 2. The highest BCUT2D eigenvalue weighted by Gasteiger charge is 2.45. The lowest BCUT2D eigenvalue weighted by molar-refractivity contribution is -0.0447. The van der Waals surface area contributed by atoms with Crippen molar-refractivity contribution in [3.63, 3.8) is 0 Å². The second-order valence-corrected chi connectivity index (χ2v) is 7.61. The molecule has 0 bridgehead atoms. The summed E-state index contributed by atoms with van der Waals surface area (Å²) in [6.07, 6.45) is 4.08. The van der Waals surface area contributed by atoms with E-state index in [9.17, 15) is 9.59 Å². The van der Waals surface area contributed by atoms with Gasteiger partial charge >= 0.3 is 0 Å². The molecule has 0 saturated carbocycles. The molecule has 1 atom stereocenters. The van der Waals surface area contributed by atoms with Crippen LogP contribution in [-0.2, 0) is 11.8 Å². The van der Waals surface area contributed by atoms with E-state index in [0.717, 1.165) is 19.3 Å². The lowest BCUT2D eigenvalue weighted by atomic mass is 9.69. The summed E-state index contributed by atoms with van der Waals surface area (Å²) >= 11 is 0. The molecule has 2 saturated heterocycles. The van der Waals surface area contributed by atoms with Crippen LogP contribution < -0.4 is 5.32 Å². The summed E-state index contributed by atoms with van der Waals surface area (Å²) in [6.45, 7) is 2.46. The van der Waals surface area contributed by atoms with Gasteiger partial charge in [0.05, 0.1) is 12.6 Å². The van der Waals surface area contributed by atoms with Crippen molar-refractivity contribution in [2.75, 3.05) is 26.3 Å². The minimum Gasteiger partial charge on any atom is -0.379 e. The van der Waals surface area contributed by atoms with Crippen molar-refractivity contribution in [3.8, 4) is 0 Å². The Kier molecular flexibility index (Phi) is 5.13. The van der Waals surface area contributed by atoms with Gasteiger partial charge in [0.25, 0.3) is 11.8 Å². The molecule has 2 aromatic rings. The average Bonchev–Trinajstić information content (AvgIpc) is 3.17. The number of aromatic nitrogens is 3. The first-order valence-electron chi connectivity index (χ1n) is 9.66. The number of aryl methyl sites for hydroxylation is 1. The molecule has 0 radical (unpaired) electrons. The van der Waals surface area contributed by atoms with Crippen LogP contribution in [0.3, 0.4) is 0 Å². The zero-order chi connectivity index (χ0) is 19.6. The zero-order valence-electron chi connectivity index (χ0n) is 16.0. The van der Waals surface area contributed by atoms with E-state index in [2.05, 4.69) is 15.4 Å². The Labute approximate surface area is 163 Å². The van der Waals surface area contributed by atoms with Gasteiger partial charge in [-0.05, 0) is 36.8 Å². The molecular formula is C20H25N5O3. The molecule has 28 heavy (non-hydrogen) atoms. The van der Waals surface area contributed by atoms with Crippen molar-refractivity contribution in [2.45, 2.75) is 25.3 Å². The van der Waals surface area contributed by atoms with Gasteiger partial charge in [0, 0.05) is 32.3 Å². The van der Waals surface area contributed by atoms with Crippen molar-refractivity contribution in [3.05, 3.63) is 48.0 Å². The van der Waals surface area contributed by atoms with E-state index < -0.39 is 0 Å². The van der Waals surface area contributed by atoms with Crippen molar-refractivity contribution in [1.82, 2.24) is 25.0 Å². The van der Waals surface area contributed by atoms with E-state index in [4.69, 9.17) is 4.74 Å². The molecule has 0 unspecified atom stereocenters. The van der Waals surface area contributed by atoms with E-state index in [1.165, 1.54) is 11.0 Å². The largest absolute Gasteiger partial charge is 0.379 e. The van der Waals surface area contributed by atoms with Crippen LogP contribution in [-0.4, -0.2) is 63.8 Å². The van der Waals surface area contributed by atoms with Crippen molar-refractivity contribution >= 4 is 11.8 Å². The van der Waals surface area contributed by atoms with Gasteiger partial charge in [-0.2, -0.15) is 0 Å². The molecule has 8 nitrogen and oxygen atoms in total. The van der Waals surface area contributed by atoms with E-state index in [1.807, 2.05) is 35.2 Å². The lowest BCUT2D eigenvalue weighted by Gasteiger charge is -2.48. The van der Waals surface area contributed by atoms with Gasteiger partial charge in [0.15, 0.2) is 0 Å². The predicted octanol–water partition coefficient (Wildman–Crippen LogP) is 1.26. The molecule has 8 heteroatoms. The first-order valence-corrected chi connectivity index (χ1v) is 9.66. The highest BCUT2D eigenvalue weighted by molar-refractivity contribution is 5.94. The number of nitrogens with zero attached hydrogens (tertiary/aromatic N) is 4. The highest BCUT2D eigenvalue weighted by Crippen LogP contribution is 2.41. The molecule has 0 aliphatic carbocycles. The van der Waals surface area contributed by atoms with Crippen LogP contribution in [0.4, 0.5) is 0 Å². The number of hydrogen-bond donors (Lipinski definition) is 1. The first kappa shape index (κ1) is 18.6. The molecular weight excluding hydrogens is 358 g/mol. The van der Waals surface area contributed by atoms with Crippen molar-refractivity contribution in [1.29, 1.82) is 0 Å². The molecule has 1 aromatic heterocycles. The third-order valence-corrected chi connectivity index (χ3v) is 5.95. The van der Waals surface area contributed by atoms with Gasteiger partial charge in [-0.25, -0.2) is 4.98 Å². The number of hydrogen-bond acceptors (Lipinski definition) is 5. The molecule has 4 rings (SSSR count). The summed E-state index contributed by atoms with van der Waals surface area (Å²) in [6, 6.07) is 9.18. The van der Waals surface area contributed by atoms with Crippen LogP contribution in [0.2, 0.25) is 0 Å². The Morgan fingerprint density at radius 1 is 1.18 bits per heavy atom. The Morgan fingerprint density at radius 3 is 2.61 bits per heavy atom. The number of carbonyl (C=O) groups is 2. The van der Waals surface area contributed by atoms with E-state index in [1.54, 1.807) is 7.05 Å².